The van der Waals surface area contributed by atoms with Gasteiger partial charge in [0, 0.05) is 22.0 Å². The van der Waals surface area contributed by atoms with Crippen LogP contribution >= 0.6 is 0 Å². The smallest absolute Gasteiger partial charge is 0.145 e. The molecule has 2 heterocycles. The van der Waals surface area contributed by atoms with Gasteiger partial charge in [-0.3, -0.25) is 0 Å². The monoisotopic (exact) mass is 677 g/mol. The first-order valence-electron chi connectivity index (χ1n) is 18.0. The van der Waals surface area contributed by atoms with Gasteiger partial charge < -0.3 is 13.7 Å². The third-order valence-corrected chi connectivity index (χ3v) is 10.6. The number of nitrogens with zero attached hydrogens (tertiary/aromatic N) is 1. The van der Waals surface area contributed by atoms with Crippen LogP contribution in [0.3, 0.4) is 0 Å². The Morgan fingerprint density at radius 2 is 1.00 bits per heavy atom. The number of rotatable bonds is 5. The quantitative estimate of drug-likeness (QED) is 0.170. The van der Waals surface area contributed by atoms with Gasteiger partial charge in [-0.1, -0.05) is 133 Å². The molecule has 0 aliphatic rings. The molecule has 0 aliphatic heterocycles. The van der Waals surface area contributed by atoms with Crippen LogP contribution in [0.15, 0.2) is 197 Å². The molecule has 9 aromatic carbocycles. The zero-order chi connectivity index (χ0) is 34.9. The summed E-state index contributed by atoms with van der Waals surface area (Å²) in [4.78, 5) is 2.40. The Hall–Kier alpha value is -7.10. The number of fused-ring (bicyclic) bond motifs is 9. The van der Waals surface area contributed by atoms with Crippen LogP contribution < -0.4 is 4.90 Å². The second kappa shape index (κ2) is 11.7. The molecule has 2 aromatic heterocycles. The van der Waals surface area contributed by atoms with Gasteiger partial charge in [0.1, 0.15) is 22.3 Å². The van der Waals surface area contributed by atoms with Crippen molar-refractivity contribution < 1.29 is 8.83 Å². The van der Waals surface area contributed by atoms with Crippen molar-refractivity contribution in [2.45, 2.75) is 0 Å². The van der Waals surface area contributed by atoms with Crippen LogP contribution in [0.5, 0.6) is 0 Å². The van der Waals surface area contributed by atoms with Crippen LogP contribution in [0.4, 0.5) is 17.1 Å². The van der Waals surface area contributed by atoms with Gasteiger partial charge >= 0.3 is 0 Å². The molecule has 248 valence electrons. The number of benzene rings is 9. The van der Waals surface area contributed by atoms with E-state index in [0.29, 0.717) is 0 Å². The van der Waals surface area contributed by atoms with Crippen LogP contribution in [0.1, 0.15) is 0 Å². The van der Waals surface area contributed by atoms with Crippen LogP contribution in [0.2, 0.25) is 0 Å². The van der Waals surface area contributed by atoms with E-state index in [0.717, 1.165) is 83.2 Å². The largest absolute Gasteiger partial charge is 0.456 e. The summed E-state index contributed by atoms with van der Waals surface area (Å²) in [7, 11) is 0. The van der Waals surface area contributed by atoms with Gasteiger partial charge in [-0.25, -0.2) is 0 Å². The maximum Gasteiger partial charge on any atom is 0.145 e. The number of para-hydroxylation sites is 1. The van der Waals surface area contributed by atoms with E-state index in [-0.39, 0.29) is 0 Å². The first-order valence-corrected chi connectivity index (χ1v) is 18.0. The highest BCUT2D eigenvalue weighted by Gasteiger charge is 2.25. The van der Waals surface area contributed by atoms with Crippen molar-refractivity contribution in [1.82, 2.24) is 0 Å². The first-order chi connectivity index (χ1) is 26.3. The molecule has 0 radical (unpaired) electrons. The van der Waals surface area contributed by atoms with E-state index in [2.05, 4.69) is 181 Å². The van der Waals surface area contributed by atoms with Crippen molar-refractivity contribution in [3.63, 3.8) is 0 Å². The molecule has 0 saturated carbocycles. The van der Waals surface area contributed by atoms with Crippen LogP contribution in [-0.4, -0.2) is 0 Å². The Balaban J connectivity index is 1.22. The van der Waals surface area contributed by atoms with Gasteiger partial charge in [-0.15, -0.1) is 0 Å². The molecule has 0 fully saturated rings. The van der Waals surface area contributed by atoms with Crippen LogP contribution in [0, 0.1) is 0 Å². The molecule has 53 heavy (non-hydrogen) atoms. The Bertz CT molecular complexity index is 3170. The van der Waals surface area contributed by atoms with Gasteiger partial charge in [0.2, 0.25) is 0 Å². The highest BCUT2D eigenvalue weighted by molar-refractivity contribution is 6.20. The first kappa shape index (κ1) is 29.6. The molecule has 0 saturated heterocycles. The fraction of sp³-hybridized carbons (Fsp3) is 0. The summed E-state index contributed by atoms with van der Waals surface area (Å²) in [6.45, 7) is 0. The van der Waals surface area contributed by atoms with E-state index >= 15 is 0 Å². The minimum atomic E-state index is 0.841. The lowest BCUT2D eigenvalue weighted by molar-refractivity contribution is 0.669. The molecule has 11 rings (SSSR count). The minimum Gasteiger partial charge on any atom is -0.456 e. The van der Waals surface area contributed by atoms with E-state index in [1.807, 2.05) is 12.1 Å². The van der Waals surface area contributed by atoms with Gasteiger partial charge in [0.25, 0.3) is 0 Å². The maximum atomic E-state index is 6.77. The molecular formula is C50H31NO2. The highest BCUT2D eigenvalue weighted by Crippen LogP contribution is 2.49. The van der Waals surface area contributed by atoms with Gasteiger partial charge in [-0.05, 0) is 92.8 Å². The van der Waals surface area contributed by atoms with Crippen molar-refractivity contribution in [3.8, 4) is 22.3 Å². The van der Waals surface area contributed by atoms with E-state index in [1.165, 1.54) is 21.5 Å². The lowest BCUT2D eigenvalue weighted by Crippen LogP contribution is -2.11. The lowest BCUT2D eigenvalue weighted by atomic mass is 9.98. The molecule has 0 amide bonds. The Morgan fingerprint density at radius 1 is 0.340 bits per heavy atom. The predicted octanol–water partition coefficient (Wildman–Crippen LogP) is 14.6. The normalized spacial score (nSPS) is 11.8. The third-order valence-electron chi connectivity index (χ3n) is 10.6. The standard InChI is InChI=1S/C50H31NO2/c1-3-12-32(13-4-1)35-24-26-42-47(31-35)52-46-21-11-19-43(48(42)46)51(37-25-27-39-36(30-37)23-22-34-16-7-8-17-38(34)39)44-29-28-40(33-14-5-2-6-15-33)50-49(44)41-18-9-10-20-45(41)53-50/h1-31H. The average molecular weight is 678 g/mol. The van der Waals surface area contributed by atoms with Gasteiger partial charge in [0.15, 0.2) is 0 Å². The summed E-state index contributed by atoms with van der Waals surface area (Å²) in [5.41, 5.74) is 11.0. The highest BCUT2D eigenvalue weighted by atomic mass is 16.3. The number of furan rings is 2. The van der Waals surface area contributed by atoms with Gasteiger partial charge in [-0.2, -0.15) is 0 Å². The molecule has 11 aromatic rings. The lowest BCUT2D eigenvalue weighted by Gasteiger charge is -2.28. The van der Waals surface area contributed by atoms with Crippen molar-refractivity contribution >= 4 is 82.5 Å². The van der Waals surface area contributed by atoms with Crippen molar-refractivity contribution in [2.24, 2.45) is 0 Å². The third kappa shape index (κ3) is 4.68. The SMILES string of the molecule is c1ccc(-c2ccc3c(c2)oc2cccc(N(c4ccc5c(ccc6ccccc65)c4)c4ccc(-c5ccccc5)c5oc6ccccc6c45)c23)cc1. The second-order valence-electron chi connectivity index (χ2n) is 13.7. The van der Waals surface area contributed by atoms with E-state index in [9.17, 15) is 0 Å². The number of hydrogen-bond donors (Lipinski definition) is 0. The maximum absolute atomic E-state index is 6.77. The number of anilines is 3. The molecule has 0 spiro atoms. The summed E-state index contributed by atoms with van der Waals surface area (Å²) in [5, 5.41) is 9.16. The molecular weight excluding hydrogens is 647 g/mol. The summed E-state index contributed by atoms with van der Waals surface area (Å²) in [5.74, 6) is 0. The van der Waals surface area contributed by atoms with Crippen LogP contribution in [-0.2, 0) is 0 Å². The molecule has 0 N–H and O–H groups in total. The number of hydrogen-bond acceptors (Lipinski definition) is 3. The topological polar surface area (TPSA) is 29.5 Å². The zero-order valence-electron chi connectivity index (χ0n) is 28.7. The molecule has 3 heteroatoms. The summed E-state index contributed by atoms with van der Waals surface area (Å²) < 4.78 is 13.4. The fourth-order valence-corrected chi connectivity index (χ4v) is 8.19. The van der Waals surface area contributed by atoms with Crippen molar-refractivity contribution in [3.05, 3.63) is 188 Å². The minimum absolute atomic E-state index is 0.841. The molecule has 3 nitrogen and oxygen atoms in total. The molecule has 0 bridgehead atoms. The Labute approximate surface area is 305 Å². The Kier molecular flexibility index (Phi) is 6.55. The van der Waals surface area contributed by atoms with Gasteiger partial charge in [0.05, 0.1) is 22.1 Å². The average Bonchev–Trinajstić information content (AvgIpc) is 3.81. The Morgan fingerprint density at radius 3 is 1.87 bits per heavy atom. The summed E-state index contributed by atoms with van der Waals surface area (Å²) >= 11 is 0. The molecule has 0 atom stereocenters. The van der Waals surface area contributed by atoms with E-state index in [1.54, 1.807) is 0 Å². The molecule has 0 aliphatic carbocycles. The molecule has 0 unspecified atom stereocenters. The summed E-state index contributed by atoms with van der Waals surface area (Å²) in [6.07, 6.45) is 0. The summed E-state index contributed by atoms with van der Waals surface area (Å²) in [6, 6.07) is 66.7. The van der Waals surface area contributed by atoms with E-state index in [4.69, 9.17) is 8.83 Å². The second-order valence-corrected chi connectivity index (χ2v) is 13.7. The van der Waals surface area contributed by atoms with Crippen molar-refractivity contribution in [1.29, 1.82) is 0 Å². The van der Waals surface area contributed by atoms with Crippen LogP contribution in [0.25, 0.3) is 87.7 Å². The van der Waals surface area contributed by atoms with E-state index < -0.39 is 0 Å². The zero-order valence-corrected chi connectivity index (χ0v) is 28.7. The predicted molar refractivity (Wildman–Crippen MR) is 222 cm³/mol. The van der Waals surface area contributed by atoms with Crippen molar-refractivity contribution in [2.75, 3.05) is 4.90 Å². The fourth-order valence-electron chi connectivity index (χ4n) is 8.19.